The van der Waals surface area contributed by atoms with E-state index in [1.165, 1.54) is 0 Å². The Kier molecular flexibility index (Phi) is 5.68. The fraction of sp³-hybridized carbons (Fsp3) is 0.636. The van der Waals surface area contributed by atoms with Gasteiger partial charge < -0.3 is 14.6 Å². The van der Waals surface area contributed by atoms with Gasteiger partial charge in [0.25, 0.3) is 0 Å². The van der Waals surface area contributed by atoms with Crippen LogP contribution in [0.15, 0.2) is 0 Å². The van der Waals surface area contributed by atoms with Crippen LogP contribution in [-0.4, -0.2) is 33.1 Å². The molecule has 1 N–H and O–H groups in total. The highest BCUT2D eigenvalue weighted by Gasteiger charge is 2.22. The molecular weight excluding hydrogens is 460 g/mol. The van der Waals surface area contributed by atoms with Crippen LogP contribution in [0, 0.1) is 7.40 Å². The van der Waals surface area contributed by atoms with Crippen LogP contribution < -0.4 is 0 Å². The third kappa shape index (κ3) is 4.90. The second-order valence-electron chi connectivity index (χ2n) is 4.78. The van der Waals surface area contributed by atoms with Gasteiger partial charge in [0.1, 0.15) is 18.8 Å². The van der Waals surface area contributed by atoms with Gasteiger partial charge in [0.05, 0.1) is 6.54 Å². The summed E-state index contributed by atoms with van der Waals surface area (Å²) in [5.41, 5.74) is -0.476. The molecule has 0 saturated heterocycles. The number of ether oxygens (including phenoxy) is 1. The average Bonchev–Trinajstić information content (AvgIpc) is 2.52. The van der Waals surface area contributed by atoms with Crippen LogP contribution >= 0.6 is 45.2 Å². The van der Waals surface area contributed by atoms with Gasteiger partial charge in [0.2, 0.25) is 0 Å². The van der Waals surface area contributed by atoms with E-state index in [-0.39, 0.29) is 6.09 Å². The molecule has 0 unspecified atom stereocenters. The van der Waals surface area contributed by atoms with Gasteiger partial charge in [0.15, 0.2) is 0 Å². The van der Waals surface area contributed by atoms with Crippen molar-refractivity contribution in [3.05, 3.63) is 13.2 Å². The summed E-state index contributed by atoms with van der Waals surface area (Å²) in [5.74, 6) is 0.775. The SMILES string of the molecule is CCN(Cc1nc(I)c(I)[nH]1)C(=O)OC(C)(C)C. The number of halogens is 2. The molecule has 1 aromatic rings. The lowest BCUT2D eigenvalue weighted by atomic mass is 10.2. The van der Waals surface area contributed by atoms with Crippen molar-refractivity contribution < 1.29 is 9.53 Å². The Labute approximate surface area is 134 Å². The van der Waals surface area contributed by atoms with Crippen molar-refractivity contribution in [2.24, 2.45) is 0 Å². The van der Waals surface area contributed by atoms with E-state index >= 15 is 0 Å². The smallest absolute Gasteiger partial charge is 0.410 e. The minimum atomic E-state index is -0.476. The number of aromatic nitrogens is 2. The number of H-pyrrole nitrogens is 1. The molecule has 5 nitrogen and oxygen atoms in total. The Morgan fingerprint density at radius 1 is 1.44 bits per heavy atom. The van der Waals surface area contributed by atoms with Gasteiger partial charge in [0, 0.05) is 6.54 Å². The summed E-state index contributed by atoms with van der Waals surface area (Å²) in [7, 11) is 0. The first-order valence-electron chi connectivity index (χ1n) is 5.60. The standard InChI is InChI=1S/C11H17I2N3O2/c1-5-16(10(17)18-11(2,3)4)6-7-14-8(12)9(13)15-7/h5-6H2,1-4H3,(H,14,15). The first kappa shape index (κ1) is 16.0. The molecule has 0 radical (unpaired) electrons. The number of carbonyl (C=O) groups excluding carboxylic acids is 1. The molecule has 0 fully saturated rings. The minimum Gasteiger partial charge on any atom is -0.444 e. The molecule has 0 saturated carbocycles. The van der Waals surface area contributed by atoms with Crippen LogP contribution in [0.25, 0.3) is 0 Å². The lowest BCUT2D eigenvalue weighted by Crippen LogP contribution is -2.36. The monoisotopic (exact) mass is 477 g/mol. The predicted octanol–water partition coefficient (Wildman–Crippen LogP) is 3.38. The molecule has 1 aromatic heterocycles. The molecule has 102 valence electrons. The molecule has 7 heteroatoms. The van der Waals surface area contributed by atoms with Crippen LogP contribution in [0.1, 0.15) is 33.5 Å². The van der Waals surface area contributed by atoms with Crippen molar-refractivity contribution in [1.82, 2.24) is 14.9 Å². The molecule has 0 bridgehead atoms. The summed E-state index contributed by atoms with van der Waals surface area (Å²) in [5, 5.41) is 0. The van der Waals surface area contributed by atoms with Gasteiger partial charge in [-0.1, -0.05) is 0 Å². The van der Waals surface area contributed by atoms with Gasteiger partial charge in [-0.25, -0.2) is 9.78 Å². The number of amides is 1. The van der Waals surface area contributed by atoms with Crippen LogP contribution in [0.5, 0.6) is 0 Å². The quantitative estimate of drug-likeness (QED) is 0.680. The second kappa shape index (κ2) is 6.40. The summed E-state index contributed by atoms with van der Waals surface area (Å²) >= 11 is 4.34. The van der Waals surface area contributed by atoms with Crippen molar-refractivity contribution in [3.8, 4) is 0 Å². The van der Waals surface area contributed by atoms with E-state index in [0.717, 1.165) is 13.2 Å². The normalized spacial score (nSPS) is 11.4. The summed E-state index contributed by atoms with van der Waals surface area (Å²) in [6.45, 7) is 8.52. The zero-order chi connectivity index (χ0) is 13.9. The minimum absolute atomic E-state index is 0.314. The van der Waals surface area contributed by atoms with Crippen LogP contribution in [-0.2, 0) is 11.3 Å². The molecular formula is C11H17I2N3O2. The molecule has 0 aromatic carbocycles. The summed E-state index contributed by atoms with van der Waals surface area (Å²) in [6, 6.07) is 0. The van der Waals surface area contributed by atoms with Crippen molar-refractivity contribution in [2.45, 2.75) is 39.8 Å². The number of nitrogens with zero attached hydrogens (tertiary/aromatic N) is 2. The van der Waals surface area contributed by atoms with E-state index < -0.39 is 5.60 Å². The van der Waals surface area contributed by atoms with Gasteiger partial charge in [-0.05, 0) is 72.9 Å². The lowest BCUT2D eigenvalue weighted by molar-refractivity contribution is 0.0240. The van der Waals surface area contributed by atoms with Gasteiger partial charge in [-0.2, -0.15) is 0 Å². The maximum absolute atomic E-state index is 11.9. The van der Waals surface area contributed by atoms with E-state index in [2.05, 4.69) is 55.1 Å². The number of aromatic amines is 1. The van der Waals surface area contributed by atoms with Gasteiger partial charge in [-0.3, -0.25) is 0 Å². The van der Waals surface area contributed by atoms with E-state index in [4.69, 9.17) is 4.74 Å². The third-order valence-corrected chi connectivity index (χ3v) is 4.64. The van der Waals surface area contributed by atoms with E-state index in [1.54, 1.807) is 4.90 Å². The van der Waals surface area contributed by atoms with Crippen LogP contribution in [0.4, 0.5) is 4.79 Å². The molecule has 0 aliphatic heterocycles. The average molecular weight is 477 g/mol. The Bertz CT molecular complexity index is 407. The fourth-order valence-electron chi connectivity index (χ4n) is 1.26. The number of nitrogens with one attached hydrogen (secondary N) is 1. The Balaban J connectivity index is 2.70. The molecule has 18 heavy (non-hydrogen) atoms. The fourth-order valence-corrected chi connectivity index (χ4v) is 2.12. The number of hydrogen-bond donors (Lipinski definition) is 1. The van der Waals surface area contributed by atoms with E-state index in [9.17, 15) is 4.79 Å². The molecule has 0 spiro atoms. The molecule has 1 amide bonds. The second-order valence-corrected chi connectivity index (χ2v) is 6.88. The zero-order valence-electron chi connectivity index (χ0n) is 10.9. The van der Waals surface area contributed by atoms with Crippen molar-refractivity contribution >= 4 is 51.3 Å². The van der Waals surface area contributed by atoms with E-state index in [1.807, 2.05) is 27.7 Å². The Morgan fingerprint density at radius 2 is 2.06 bits per heavy atom. The van der Waals surface area contributed by atoms with Crippen LogP contribution in [0.2, 0.25) is 0 Å². The van der Waals surface area contributed by atoms with Crippen molar-refractivity contribution in [1.29, 1.82) is 0 Å². The van der Waals surface area contributed by atoms with E-state index in [0.29, 0.717) is 13.1 Å². The summed E-state index contributed by atoms with van der Waals surface area (Å²) in [4.78, 5) is 21.1. The van der Waals surface area contributed by atoms with Gasteiger partial charge >= 0.3 is 6.09 Å². The van der Waals surface area contributed by atoms with Crippen LogP contribution in [0.3, 0.4) is 0 Å². The summed E-state index contributed by atoms with van der Waals surface area (Å²) in [6.07, 6.45) is -0.314. The number of hydrogen-bond acceptors (Lipinski definition) is 3. The lowest BCUT2D eigenvalue weighted by Gasteiger charge is -2.25. The molecule has 1 heterocycles. The number of imidazole rings is 1. The Morgan fingerprint density at radius 3 is 2.44 bits per heavy atom. The van der Waals surface area contributed by atoms with Gasteiger partial charge in [-0.15, -0.1) is 0 Å². The molecule has 1 rings (SSSR count). The number of carbonyl (C=O) groups is 1. The first-order valence-corrected chi connectivity index (χ1v) is 7.76. The highest BCUT2D eigenvalue weighted by atomic mass is 127. The zero-order valence-corrected chi connectivity index (χ0v) is 15.2. The number of rotatable bonds is 3. The Hall–Kier alpha value is -0.0600. The topological polar surface area (TPSA) is 58.2 Å². The highest BCUT2D eigenvalue weighted by Crippen LogP contribution is 2.15. The largest absolute Gasteiger partial charge is 0.444 e. The first-order chi connectivity index (χ1) is 8.23. The highest BCUT2D eigenvalue weighted by molar-refractivity contribution is 14.1. The van der Waals surface area contributed by atoms with Crippen molar-refractivity contribution in [2.75, 3.05) is 6.54 Å². The maximum atomic E-state index is 11.9. The predicted molar refractivity (Wildman–Crippen MR) is 86.3 cm³/mol. The summed E-state index contributed by atoms with van der Waals surface area (Å²) < 4.78 is 7.25. The molecule has 0 atom stereocenters. The molecule has 0 aliphatic carbocycles. The molecule has 0 aliphatic rings. The van der Waals surface area contributed by atoms with Crippen molar-refractivity contribution in [3.63, 3.8) is 0 Å². The third-order valence-electron chi connectivity index (χ3n) is 2.04. The maximum Gasteiger partial charge on any atom is 0.410 e.